The monoisotopic (exact) mass is 490 g/mol. The van der Waals surface area contributed by atoms with Gasteiger partial charge in [-0.15, -0.1) is 0 Å². The van der Waals surface area contributed by atoms with Gasteiger partial charge in [-0.3, -0.25) is 0 Å². The van der Waals surface area contributed by atoms with E-state index in [0.717, 1.165) is 22.4 Å². The van der Waals surface area contributed by atoms with Crippen molar-refractivity contribution in [2.75, 3.05) is 18.2 Å². The number of carbonyl (C=O) groups is 1. The van der Waals surface area contributed by atoms with Crippen LogP contribution >= 0.6 is 0 Å². The maximum Gasteiger partial charge on any atom is 0.322 e. The maximum atomic E-state index is 13.5. The molecule has 0 bridgehead atoms. The summed E-state index contributed by atoms with van der Waals surface area (Å²) in [6.07, 6.45) is 0. The highest BCUT2D eigenvalue weighted by Gasteiger charge is 2.23. The summed E-state index contributed by atoms with van der Waals surface area (Å²) in [7, 11) is -2.27. The molecule has 0 aromatic heterocycles. The standard InChI is InChI=1S/C26H38N2O5S/c1-9-34(30,31)33-24-15-20(13-14-23(24)32-8)16-28(19(6)7)26(29)27-25-21(17(2)3)11-10-12-22(25)18(4)5/h10-15,17-19H,9,16H2,1-8H3,(H,27,29). The van der Waals surface area contributed by atoms with E-state index >= 15 is 0 Å². The molecule has 0 unspecified atom stereocenters. The highest BCUT2D eigenvalue weighted by atomic mass is 32.2. The number of hydrogen-bond acceptors (Lipinski definition) is 5. The number of urea groups is 1. The summed E-state index contributed by atoms with van der Waals surface area (Å²) in [6.45, 7) is 14.1. The van der Waals surface area contributed by atoms with Crippen molar-refractivity contribution in [2.24, 2.45) is 0 Å². The van der Waals surface area contributed by atoms with Gasteiger partial charge >= 0.3 is 16.1 Å². The van der Waals surface area contributed by atoms with Gasteiger partial charge in [-0.05, 0) is 61.4 Å². The van der Waals surface area contributed by atoms with Crippen LogP contribution in [0, 0.1) is 0 Å². The zero-order chi connectivity index (χ0) is 25.6. The molecule has 1 N–H and O–H groups in total. The molecule has 0 heterocycles. The van der Waals surface area contributed by atoms with Crippen molar-refractivity contribution in [1.29, 1.82) is 0 Å². The van der Waals surface area contributed by atoms with E-state index < -0.39 is 10.1 Å². The molecule has 0 aliphatic rings. The Balaban J connectivity index is 2.38. The zero-order valence-electron chi connectivity index (χ0n) is 21.5. The molecule has 0 saturated heterocycles. The van der Waals surface area contributed by atoms with Crippen molar-refractivity contribution in [2.45, 2.75) is 72.9 Å². The minimum absolute atomic E-state index is 0.0976. The zero-order valence-corrected chi connectivity index (χ0v) is 22.3. The molecule has 2 amide bonds. The Kier molecular flexibility index (Phi) is 9.38. The van der Waals surface area contributed by atoms with Crippen LogP contribution in [0.15, 0.2) is 36.4 Å². The Labute approximate surface area is 204 Å². The highest BCUT2D eigenvalue weighted by Crippen LogP contribution is 2.33. The van der Waals surface area contributed by atoms with Crippen molar-refractivity contribution in [1.82, 2.24) is 4.90 Å². The molecule has 2 aromatic rings. The molecule has 0 aliphatic heterocycles. The number of nitrogens with one attached hydrogen (secondary N) is 1. The van der Waals surface area contributed by atoms with Crippen LogP contribution in [0.3, 0.4) is 0 Å². The van der Waals surface area contributed by atoms with Crippen LogP contribution in [0.2, 0.25) is 0 Å². The molecule has 188 valence electrons. The third-order valence-corrected chi connectivity index (χ3v) is 6.78. The predicted octanol–water partition coefficient (Wildman–Crippen LogP) is 6.11. The lowest BCUT2D eigenvalue weighted by atomic mass is 9.92. The van der Waals surface area contributed by atoms with Crippen LogP contribution in [0.25, 0.3) is 0 Å². The number of amides is 2. The predicted molar refractivity (Wildman–Crippen MR) is 137 cm³/mol. The second-order valence-electron chi connectivity index (χ2n) is 9.19. The summed E-state index contributed by atoms with van der Waals surface area (Å²) < 4.78 is 34.5. The first-order chi connectivity index (χ1) is 15.9. The van der Waals surface area contributed by atoms with Crippen LogP contribution in [-0.2, 0) is 16.7 Å². The second kappa shape index (κ2) is 11.6. The Morgan fingerprint density at radius 2 is 1.56 bits per heavy atom. The van der Waals surface area contributed by atoms with Crippen LogP contribution in [-0.4, -0.2) is 38.3 Å². The molecule has 0 spiro atoms. The van der Waals surface area contributed by atoms with Crippen molar-refractivity contribution >= 4 is 21.8 Å². The maximum absolute atomic E-state index is 13.5. The van der Waals surface area contributed by atoms with E-state index in [2.05, 4.69) is 33.0 Å². The number of nitrogens with zero attached hydrogens (tertiary/aromatic N) is 1. The normalized spacial score (nSPS) is 11.7. The number of anilines is 1. The molecular weight excluding hydrogens is 452 g/mol. The molecule has 2 rings (SSSR count). The van der Waals surface area contributed by atoms with Crippen LogP contribution in [0.5, 0.6) is 11.5 Å². The molecule has 0 fully saturated rings. The van der Waals surface area contributed by atoms with E-state index in [-0.39, 0.29) is 42.0 Å². The van der Waals surface area contributed by atoms with Crippen molar-refractivity contribution in [3.8, 4) is 11.5 Å². The molecular formula is C26H38N2O5S. The SMILES string of the molecule is CCS(=O)(=O)Oc1cc(CN(C(=O)Nc2c(C(C)C)cccc2C(C)C)C(C)C)ccc1OC. The van der Waals surface area contributed by atoms with E-state index in [1.807, 2.05) is 32.0 Å². The fourth-order valence-electron chi connectivity index (χ4n) is 3.64. The van der Waals surface area contributed by atoms with Crippen LogP contribution in [0.4, 0.5) is 10.5 Å². The summed E-state index contributed by atoms with van der Waals surface area (Å²) in [6, 6.07) is 10.9. The minimum atomic E-state index is -3.72. The van der Waals surface area contributed by atoms with Gasteiger partial charge in [-0.1, -0.05) is 52.0 Å². The summed E-state index contributed by atoms with van der Waals surface area (Å²) in [5.41, 5.74) is 3.77. The number of methoxy groups -OCH3 is 1. The third kappa shape index (κ3) is 6.88. The first-order valence-corrected chi connectivity index (χ1v) is 13.3. The van der Waals surface area contributed by atoms with E-state index in [4.69, 9.17) is 8.92 Å². The lowest BCUT2D eigenvalue weighted by Gasteiger charge is -2.29. The molecule has 0 saturated carbocycles. The van der Waals surface area contributed by atoms with Gasteiger partial charge in [0.1, 0.15) is 0 Å². The topological polar surface area (TPSA) is 84.9 Å². The second-order valence-corrected chi connectivity index (χ2v) is 11.0. The highest BCUT2D eigenvalue weighted by molar-refractivity contribution is 7.87. The van der Waals surface area contributed by atoms with Gasteiger partial charge in [0.05, 0.1) is 12.9 Å². The fraction of sp³-hybridized carbons (Fsp3) is 0.500. The number of para-hydroxylation sites is 1. The van der Waals surface area contributed by atoms with Gasteiger partial charge in [-0.2, -0.15) is 8.42 Å². The molecule has 8 heteroatoms. The summed E-state index contributed by atoms with van der Waals surface area (Å²) in [5.74, 6) is 0.771. The first kappa shape index (κ1) is 27.5. The van der Waals surface area contributed by atoms with Gasteiger partial charge in [0.2, 0.25) is 0 Å². The number of rotatable bonds is 10. The Bertz CT molecular complexity index is 1070. The fourth-order valence-corrected chi connectivity index (χ4v) is 4.16. The number of ether oxygens (including phenoxy) is 1. The smallest absolute Gasteiger partial charge is 0.322 e. The quantitative estimate of drug-likeness (QED) is 0.406. The van der Waals surface area contributed by atoms with E-state index in [9.17, 15) is 13.2 Å². The first-order valence-electron chi connectivity index (χ1n) is 11.7. The molecule has 7 nitrogen and oxygen atoms in total. The molecule has 0 radical (unpaired) electrons. The van der Waals surface area contributed by atoms with Crippen molar-refractivity contribution < 1.29 is 22.1 Å². The van der Waals surface area contributed by atoms with Gasteiger partial charge in [0, 0.05) is 18.3 Å². The summed E-state index contributed by atoms with van der Waals surface area (Å²) in [5, 5.41) is 3.16. The summed E-state index contributed by atoms with van der Waals surface area (Å²) in [4.78, 5) is 15.2. The Morgan fingerprint density at radius 3 is 2.03 bits per heavy atom. The lowest BCUT2D eigenvalue weighted by Crippen LogP contribution is -2.40. The average molecular weight is 491 g/mol. The lowest BCUT2D eigenvalue weighted by molar-refractivity contribution is 0.193. The minimum Gasteiger partial charge on any atom is -0.493 e. The molecule has 0 aliphatic carbocycles. The van der Waals surface area contributed by atoms with E-state index in [1.54, 1.807) is 23.1 Å². The van der Waals surface area contributed by atoms with E-state index in [1.165, 1.54) is 14.0 Å². The van der Waals surface area contributed by atoms with Crippen molar-refractivity contribution in [3.05, 3.63) is 53.1 Å². The van der Waals surface area contributed by atoms with Crippen LogP contribution < -0.4 is 14.2 Å². The van der Waals surface area contributed by atoms with Gasteiger partial charge in [0.25, 0.3) is 0 Å². The van der Waals surface area contributed by atoms with Gasteiger partial charge in [-0.25, -0.2) is 4.79 Å². The largest absolute Gasteiger partial charge is 0.493 e. The van der Waals surface area contributed by atoms with Crippen molar-refractivity contribution in [3.63, 3.8) is 0 Å². The molecule has 34 heavy (non-hydrogen) atoms. The van der Waals surface area contributed by atoms with Gasteiger partial charge in [0.15, 0.2) is 11.5 Å². The third-order valence-electron chi connectivity index (χ3n) is 5.64. The Hall–Kier alpha value is -2.74. The molecule has 0 atom stereocenters. The number of benzene rings is 2. The van der Waals surface area contributed by atoms with Crippen LogP contribution in [0.1, 0.15) is 77.0 Å². The van der Waals surface area contributed by atoms with E-state index in [0.29, 0.717) is 5.75 Å². The van der Waals surface area contributed by atoms with Gasteiger partial charge < -0.3 is 19.1 Å². The number of carbonyl (C=O) groups excluding carboxylic acids is 1. The molecule has 2 aromatic carbocycles. The summed E-state index contributed by atoms with van der Waals surface area (Å²) >= 11 is 0. The average Bonchev–Trinajstić information content (AvgIpc) is 2.76. The number of hydrogen-bond donors (Lipinski definition) is 1. The Morgan fingerprint density at radius 1 is 0.971 bits per heavy atom.